The van der Waals surface area contributed by atoms with Gasteiger partial charge in [-0.15, -0.1) is 0 Å². The first-order valence-electron chi connectivity index (χ1n) is 7.96. The fraction of sp³-hybridized carbons (Fsp3) is 0.150. The minimum atomic E-state index is -1.08. The van der Waals surface area contributed by atoms with Crippen LogP contribution in [-0.4, -0.2) is 25.1 Å². The molecule has 1 amide bonds. The zero-order valence-electron chi connectivity index (χ0n) is 14.7. The molecule has 0 fully saturated rings. The number of halogens is 1. The van der Waals surface area contributed by atoms with Crippen LogP contribution in [0, 0.1) is 11.3 Å². The van der Waals surface area contributed by atoms with E-state index >= 15 is 0 Å². The summed E-state index contributed by atoms with van der Waals surface area (Å²) in [5.74, 6) is -0.750. The number of carbonyl (C=O) groups excluding carboxylic acids is 2. The molecule has 2 rings (SSSR count). The predicted molar refractivity (Wildman–Crippen MR) is 102 cm³/mol. The maximum absolute atomic E-state index is 12.2. The molecule has 0 aliphatic carbocycles. The van der Waals surface area contributed by atoms with E-state index in [1.54, 1.807) is 61.7 Å². The van der Waals surface area contributed by atoms with Gasteiger partial charge in [0.15, 0.2) is 6.10 Å². The third kappa shape index (κ3) is 5.87. The zero-order chi connectivity index (χ0) is 19.8. The van der Waals surface area contributed by atoms with Gasteiger partial charge in [0, 0.05) is 10.7 Å². The molecule has 0 saturated carbocycles. The number of esters is 1. The van der Waals surface area contributed by atoms with E-state index in [0.29, 0.717) is 22.0 Å². The molecule has 0 unspecified atom stereocenters. The van der Waals surface area contributed by atoms with Crippen molar-refractivity contribution in [1.82, 2.24) is 0 Å². The number of nitrogens with one attached hydrogen (secondary N) is 1. The molecule has 2 aromatic rings. The van der Waals surface area contributed by atoms with Gasteiger partial charge in [0.2, 0.25) is 0 Å². The number of carbonyl (C=O) groups is 2. The van der Waals surface area contributed by atoms with Crippen molar-refractivity contribution in [2.24, 2.45) is 0 Å². The Labute approximate surface area is 162 Å². The van der Waals surface area contributed by atoms with Crippen LogP contribution in [0.1, 0.15) is 12.5 Å². The van der Waals surface area contributed by atoms with E-state index in [2.05, 4.69) is 5.32 Å². The van der Waals surface area contributed by atoms with Crippen LogP contribution in [0.2, 0.25) is 5.02 Å². The highest BCUT2D eigenvalue weighted by Gasteiger charge is 2.20. The molecule has 0 radical (unpaired) electrons. The van der Waals surface area contributed by atoms with Crippen molar-refractivity contribution in [2.75, 3.05) is 12.4 Å². The molecule has 138 valence electrons. The molecule has 0 bridgehead atoms. The number of benzene rings is 2. The highest BCUT2D eigenvalue weighted by atomic mass is 35.5. The minimum Gasteiger partial charge on any atom is -0.497 e. The van der Waals surface area contributed by atoms with Crippen LogP contribution in [0.25, 0.3) is 6.08 Å². The quantitative estimate of drug-likeness (QED) is 0.464. The Balaban J connectivity index is 2.01. The molecule has 0 aliphatic rings. The minimum absolute atomic E-state index is 0.216. The first kappa shape index (κ1) is 20.0. The molecule has 6 nitrogen and oxygen atoms in total. The van der Waals surface area contributed by atoms with E-state index in [9.17, 15) is 14.9 Å². The van der Waals surface area contributed by atoms with Gasteiger partial charge < -0.3 is 14.8 Å². The third-order valence-corrected chi connectivity index (χ3v) is 3.78. The summed E-state index contributed by atoms with van der Waals surface area (Å²) in [4.78, 5) is 24.3. The number of anilines is 1. The summed E-state index contributed by atoms with van der Waals surface area (Å²) in [6.07, 6.45) is 0.298. The molecule has 7 heteroatoms. The Morgan fingerprint density at radius 1 is 1.15 bits per heavy atom. The van der Waals surface area contributed by atoms with E-state index in [1.165, 1.54) is 13.0 Å². The van der Waals surface area contributed by atoms with Crippen LogP contribution < -0.4 is 10.1 Å². The van der Waals surface area contributed by atoms with Crippen molar-refractivity contribution in [2.45, 2.75) is 13.0 Å². The summed E-state index contributed by atoms with van der Waals surface area (Å²) >= 11 is 5.79. The zero-order valence-corrected chi connectivity index (χ0v) is 15.5. The van der Waals surface area contributed by atoms with E-state index in [-0.39, 0.29) is 5.57 Å². The second-order valence-electron chi connectivity index (χ2n) is 5.49. The summed E-state index contributed by atoms with van der Waals surface area (Å²) in [7, 11) is 1.54. The van der Waals surface area contributed by atoms with E-state index < -0.39 is 18.0 Å². The van der Waals surface area contributed by atoms with Gasteiger partial charge in [0.05, 0.1) is 7.11 Å². The van der Waals surface area contributed by atoms with Gasteiger partial charge in [-0.1, -0.05) is 23.7 Å². The summed E-state index contributed by atoms with van der Waals surface area (Å²) in [6, 6.07) is 15.1. The lowest BCUT2D eigenvalue weighted by Crippen LogP contribution is -2.30. The second kappa shape index (κ2) is 9.41. The van der Waals surface area contributed by atoms with Gasteiger partial charge >= 0.3 is 5.97 Å². The first-order chi connectivity index (χ1) is 12.9. The summed E-state index contributed by atoms with van der Waals surface area (Å²) in [5, 5.41) is 12.4. The smallest absolute Gasteiger partial charge is 0.349 e. The molecule has 0 aliphatic heterocycles. The first-order valence-corrected chi connectivity index (χ1v) is 8.34. The maximum atomic E-state index is 12.2. The Morgan fingerprint density at radius 3 is 2.33 bits per heavy atom. The van der Waals surface area contributed by atoms with Gasteiger partial charge in [0.25, 0.3) is 5.91 Å². The molecular formula is C20H17ClN2O4. The van der Waals surface area contributed by atoms with Gasteiger partial charge in [0.1, 0.15) is 17.4 Å². The SMILES string of the molecule is COc1ccc(/C=C(\C#N)C(=O)O[C@@H](C)C(=O)Nc2ccc(Cl)cc2)cc1. The van der Waals surface area contributed by atoms with Gasteiger partial charge in [-0.25, -0.2) is 4.79 Å². The van der Waals surface area contributed by atoms with Crippen LogP contribution in [-0.2, 0) is 14.3 Å². The number of rotatable bonds is 6. The van der Waals surface area contributed by atoms with Crippen molar-refractivity contribution >= 4 is 35.2 Å². The largest absolute Gasteiger partial charge is 0.497 e. The maximum Gasteiger partial charge on any atom is 0.349 e. The highest BCUT2D eigenvalue weighted by Crippen LogP contribution is 2.16. The number of hydrogen-bond acceptors (Lipinski definition) is 5. The fourth-order valence-corrected chi connectivity index (χ4v) is 2.18. The molecule has 0 spiro atoms. The number of hydrogen-bond donors (Lipinski definition) is 1. The van der Waals surface area contributed by atoms with Crippen molar-refractivity contribution in [1.29, 1.82) is 5.26 Å². The van der Waals surface area contributed by atoms with Crippen LogP contribution in [0.4, 0.5) is 5.69 Å². The average molecular weight is 385 g/mol. The third-order valence-electron chi connectivity index (χ3n) is 3.53. The number of nitriles is 1. The van der Waals surface area contributed by atoms with Crippen molar-refractivity contribution in [3.8, 4) is 11.8 Å². The monoisotopic (exact) mass is 384 g/mol. The molecule has 0 aromatic heterocycles. The molecule has 0 heterocycles. The van der Waals surface area contributed by atoms with Crippen LogP contribution in [0.5, 0.6) is 5.75 Å². The van der Waals surface area contributed by atoms with Crippen molar-refractivity contribution in [3.63, 3.8) is 0 Å². The lowest BCUT2D eigenvalue weighted by atomic mass is 10.1. The fourth-order valence-electron chi connectivity index (χ4n) is 2.06. The second-order valence-corrected chi connectivity index (χ2v) is 5.92. The van der Waals surface area contributed by atoms with Crippen LogP contribution in [0.3, 0.4) is 0 Å². The number of amides is 1. The van der Waals surface area contributed by atoms with Crippen LogP contribution in [0.15, 0.2) is 54.1 Å². The van der Waals surface area contributed by atoms with E-state index in [0.717, 1.165) is 0 Å². The molecule has 1 atom stereocenters. The number of ether oxygens (including phenoxy) is 2. The molecule has 27 heavy (non-hydrogen) atoms. The summed E-state index contributed by atoms with van der Waals surface area (Å²) in [6.45, 7) is 1.42. The van der Waals surface area contributed by atoms with Crippen molar-refractivity contribution in [3.05, 3.63) is 64.7 Å². The lowest BCUT2D eigenvalue weighted by molar-refractivity contribution is -0.148. The topological polar surface area (TPSA) is 88.4 Å². The standard InChI is InChI=1S/C20H17ClN2O4/c1-13(19(24)23-17-7-5-16(21)6-8-17)27-20(25)15(12-22)11-14-3-9-18(26-2)10-4-14/h3-11,13H,1-2H3,(H,23,24)/b15-11+/t13-/m0/s1. The number of methoxy groups -OCH3 is 1. The molecular weight excluding hydrogens is 368 g/mol. The van der Waals surface area contributed by atoms with E-state index in [1.807, 2.05) is 0 Å². The Bertz CT molecular complexity index is 884. The Morgan fingerprint density at radius 2 is 1.78 bits per heavy atom. The van der Waals surface area contributed by atoms with Gasteiger partial charge in [-0.3, -0.25) is 4.79 Å². The van der Waals surface area contributed by atoms with E-state index in [4.69, 9.17) is 21.1 Å². The van der Waals surface area contributed by atoms with Crippen molar-refractivity contribution < 1.29 is 19.1 Å². The number of nitrogens with zero attached hydrogens (tertiary/aromatic N) is 1. The average Bonchev–Trinajstić information content (AvgIpc) is 2.68. The highest BCUT2D eigenvalue weighted by molar-refractivity contribution is 6.30. The molecule has 1 N–H and O–H groups in total. The Hall–Kier alpha value is -3.30. The predicted octanol–water partition coefficient (Wildman–Crippen LogP) is 3.83. The summed E-state index contributed by atoms with van der Waals surface area (Å²) in [5.41, 5.74) is 0.926. The van der Waals surface area contributed by atoms with Crippen LogP contribution >= 0.6 is 11.6 Å². The normalized spacial score (nSPS) is 11.9. The molecule has 0 saturated heterocycles. The Kier molecular flexibility index (Phi) is 6.98. The molecule has 2 aromatic carbocycles. The summed E-state index contributed by atoms with van der Waals surface area (Å²) < 4.78 is 10.1. The van der Waals surface area contributed by atoms with Gasteiger partial charge in [-0.05, 0) is 55.0 Å². The lowest BCUT2D eigenvalue weighted by Gasteiger charge is -2.13. The van der Waals surface area contributed by atoms with Gasteiger partial charge in [-0.2, -0.15) is 5.26 Å².